The van der Waals surface area contributed by atoms with E-state index >= 15 is 0 Å². The van der Waals surface area contributed by atoms with Gasteiger partial charge in [-0.05, 0) is 12.1 Å². The highest BCUT2D eigenvalue weighted by Crippen LogP contribution is 2.16. The molecule has 2 aromatic rings. The van der Waals surface area contributed by atoms with Crippen molar-refractivity contribution in [3.63, 3.8) is 0 Å². The van der Waals surface area contributed by atoms with E-state index in [0.717, 1.165) is 4.68 Å². The van der Waals surface area contributed by atoms with Gasteiger partial charge < -0.3 is 0 Å². The van der Waals surface area contributed by atoms with Crippen LogP contribution >= 0.6 is 23.2 Å². The van der Waals surface area contributed by atoms with Crippen LogP contribution in [0, 0.1) is 0 Å². The lowest BCUT2D eigenvalue weighted by atomic mass is 10.2. The Kier molecular flexibility index (Phi) is 3.26. The average Bonchev–Trinajstić information content (AvgIpc) is 2.36. The quantitative estimate of drug-likeness (QED) is 0.786. The minimum atomic E-state index is -0.526. The molecule has 0 saturated carbocycles. The number of carbonyl (C=O) groups excluding carboxylic acids is 1. The number of nitrogens with zero attached hydrogens (tertiary/aromatic N) is 2. The van der Waals surface area contributed by atoms with Crippen LogP contribution in [0.1, 0.15) is 10.4 Å². The van der Waals surface area contributed by atoms with Crippen molar-refractivity contribution < 1.29 is 4.79 Å². The molecule has 4 nitrogen and oxygen atoms in total. The monoisotopic (exact) mass is 268 g/mol. The van der Waals surface area contributed by atoms with Crippen LogP contribution in [0.25, 0.3) is 5.69 Å². The first-order valence-electron chi connectivity index (χ1n) is 4.62. The second kappa shape index (κ2) is 4.69. The Morgan fingerprint density at radius 2 is 2.06 bits per heavy atom. The Morgan fingerprint density at radius 1 is 1.29 bits per heavy atom. The fourth-order valence-electron chi connectivity index (χ4n) is 1.33. The van der Waals surface area contributed by atoms with Crippen LogP contribution in [0.4, 0.5) is 0 Å². The first-order chi connectivity index (χ1) is 8.13. The standard InChI is InChI=1S/C11H6Cl2N2O2/c12-9-5-14-15(11(17)10(9)13)8-3-1-2-7(4-8)6-16/h1-6H. The summed E-state index contributed by atoms with van der Waals surface area (Å²) in [6, 6.07) is 6.45. The number of hydrogen-bond donors (Lipinski definition) is 0. The molecule has 0 N–H and O–H groups in total. The Balaban J connectivity index is 2.65. The van der Waals surface area contributed by atoms with Gasteiger partial charge >= 0.3 is 0 Å². The van der Waals surface area contributed by atoms with Crippen molar-refractivity contribution in [1.82, 2.24) is 9.78 Å². The van der Waals surface area contributed by atoms with Gasteiger partial charge in [-0.3, -0.25) is 9.59 Å². The van der Waals surface area contributed by atoms with Gasteiger partial charge in [-0.25, -0.2) is 0 Å². The maximum absolute atomic E-state index is 11.8. The van der Waals surface area contributed by atoms with Gasteiger partial charge in [0.2, 0.25) is 0 Å². The van der Waals surface area contributed by atoms with E-state index in [1.807, 2.05) is 0 Å². The Bertz CT molecular complexity index is 638. The number of hydrogen-bond acceptors (Lipinski definition) is 3. The van der Waals surface area contributed by atoms with Gasteiger partial charge in [0, 0.05) is 5.56 Å². The summed E-state index contributed by atoms with van der Waals surface area (Å²) in [6.07, 6.45) is 1.96. The van der Waals surface area contributed by atoms with E-state index in [4.69, 9.17) is 23.2 Å². The van der Waals surface area contributed by atoms with Crippen LogP contribution in [-0.4, -0.2) is 16.1 Å². The van der Waals surface area contributed by atoms with E-state index in [1.54, 1.807) is 18.2 Å². The summed E-state index contributed by atoms with van der Waals surface area (Å²) in [6.45, 7) is 0. The highest BCUT2D eigenvalue weighted by Gasteiger charge is 2.09. The maximum atomic E-state index is 11.8. The van der Waals surface area contributed by atoms with E-state index in [-0.39, 0.29) is 10.0 Å². The van der Waals surface area contributed by atoms with Crippen molar-refractivity contribution >= 4 is 29.5 Å². The Labute approximate surface area is 106 Å². The van der Waals surface area contributed by atoms with Crippen molar-refractivity contribution in [2.75, 3.05) is 0 Å². The second-order valence-corrected chi connectivity index (χ2v) is 4.02. The molecule has 1 aromatic heterocycles. The Hall–Kier alpha value is -1.65. The van der Waals surface area contributed by atoms with E-state index in [2.05, 4.69) is 5.10 Å². The van der Waals surface area contributed by atoms with Crippen LogP contribution < -0.4 is 5.56 Å². The second-order valence-electron chi connectivity index (χ2n) is 3.24. The predicted octanol–water partition coefficient (Wildman–Crippen LogP) is 2.35. The molecule has 0 unspecified atom stereocenters. The molecule has 0 spiro atoms. The fourth-order valence-corrected chi connectivity index (χ4v) is 1.58. The summed E-state index contributed by atoms with van der Waals surface area (Å²) >= 11 is 11.4. The van der Waals surface area contributed by atoms with Gasteiger partial charge in [0.05, 0.1) is 16.9 Å². The van der Waals surface area contributed by atoms with Crippen LogP contribution in [0.2, 0.25) is 10.0 Å². The zero-order valence-electron chi connectivity index (χ0n) is 8.43. The van der Waals surface area contributed by atoms with Gasteiger partial charge in [0.1, 0.15) is 11.3 Å². The van der Waals surface area contributed by atoms with Gasteiger partial charge in [-0.15, -0.1) is 0 Å². The number of halogens is 2. The molecule has 1 heterocycles. The summed E-state index contributed by atoms with van der Waals surface area (Å²) in [7, 11) is 0. The third kappa shape index (κ3) is 2.23. The third-order valence-electron chi connectivity index (χ3n) is 2.13. The normalized spacial score (nSPS) is 10.2. The topological polar surface area (TPSA) is 52.0 Å². The molecule has 86 valence electrons. The van der Waals surface area contributed by atoms with E-state index in [9.17, 15) is 9.59 Å². The van der Waals surface area contributed by atoms with Crippen molar-refractivity contribution in [2.45, 2.75) is 0 Å². The molecule has 0 atom stereocenters. The summed E-state index contributed by atoms with van der Waals surface area (Å²) < 4.78 is 1.08. The lowest BCUT2D eigenvalue weighted by molar-refractivity contribution is 0.112. The van der Waals surface area contributed by atoms with Gasteiger partial charge in [-0.1, -0.05) is 35.3 Å². The van der Waals surface area contributed by atoms with Gasteiger partial charge in [0.15, 0.2) is 0 Å². The first-order valence-corrected chi connectivity index (χ1v) is 5.38. The fraction of sp³-hybridized carbons (Fsp3) is 0. The summed E-state index contributed by atoms with van der Waals surface area (Å²) in [5.74, 6) is 0. The molecule has 2 rings (SSSR count). The Morgan fingerprint density at radius 3 is 2.76 bits per heavy atom. The zero-order valence-corrected chi connectivity index (χ0v) is 9.94. The van der Waals surface area contributed by atoms with Crippen LogP contribution in [0.5, 0.6) is 0 Å². The molecule has 0 radical (unpaired) electrons. The van der Waals surface area contributed by atoms with Gasteiger partial charge in [0.25, 0.3) is 5.56 Å². The molecule has 0 fully saturated rings. The molecule has 0 aliphatic heterocycles. The molecule has 0 amide bonds. The summed E-state index contributed by atoms with van der Waals surface area (Å²) in [5, 5.41) is 3.85. The van der Waals surface area contributed by atoms with E-state index < -0.39 is 5.56 Å². The highest BCUT2D eigenvalue weighted by atomic mass is 35.5. The smallest absolute Gasteiger partial charge is 0.291 e. The molecule has 0 aliphatic carbocycles. The summed E-state index contributed by atoms with van der Waals surface area (Å²) in [4.78, 5) is 22.4. The maximum Gasteiger partial charge on any atom is 0.291 e. The first kappa shape index (κ1) is 11.8. The van der Waals surface area contributed by atoms with Gasteiger partial charge in [-0.2, -0.15) is 9.78 Å². The van der Waals surface area contributed by atoms with E-state index in [0.29, 0.717) is 17.5 Å². The molecule has 0 saturated heterocycles. The minimum Gasteiger partial charge on any atom is -0.298 e. The van der Waals surface area contributed by atoms with Crippen LogP contribution in [0.3, 0.4) is 0 Å². The van der Waals surface area contributed by atoms with Crippen molar-refractivity contribution in [2.24, 2.45) is 0 Å². The van der Waals surface area contributed by atoms with Crippen molar-refractivity contribution in [3.05, 3.63) is 56.4 Å². The molecular formula is C11H6Cl2N2O2. The van der Waals surface area contributed by atoms with Crippen LogP contribution in [-0.2, 0) is 0 Å². The summed E-state index contributed by atoms with van der Waals surface area (Å²) in [5.41, 5.74) is 0.377. The predicted molar refractivity (Wildman–Crippen MR) is 65.2 cm³/mol. The molecule has 1 aromatic carbocycles. The largest absolute Gasteiger partial charge is 0.298 e. The van der Waals surface area contributed by atoms with Crippen molar-refractivity contribution in [3.8, 4) is 5.69 Å². The molecule has 0 bridgehead atoms. The van der Waals surface area contributed by atoms with E-state index in [1.165, 1.54) is 12.3 Å². The number of aromatic nitrogens is 2. The third-order valence-corrected chi connectivity index (χ3v) is 2.88. The number of benzene rings is 1. The number of aldehydes is 1. The van der Waals surface area contributed by atoms with Crippen molar-refractivity contribution in [1.29, 1.82) is 0 Å². The lowest BCUT2D eigenvalue weighted by Gasteiger charge is -2.05. The lowest BCUT2D eigenvalue weighted by Crippen LogP contribution is -2.21. The van der Waals surface area contributed by atoms with Crippen LogP contribution in [0.15, 0.2) is 35.3 Å². The zero-order chi connectivity index (χ0) is 12.4. The molecule has 6 heteroatoms. The average molecular weight is 269 g/mol. The minimum absolute atomic E-state index is 0.0967. The molecule has 0 aliphatic rings. The molecule has 17 heavy (non-hydrogen) atoms. The number of carbonyl (C=O) groups is 1. The SMILES string of the molecule is O=Cc1cccc(-n2ncc(Cl)c(Cl)c2=O)c1. The highest BCUT2D eigenvalue weighted by molar-refractivity contribution is 6.41. The molecular weight excluding hydrogens is 263 g/mol. The number of rotatable bonds is 2.